The van der Waals surface area contributed by atoms with Crippen molar-refractivity contribution < 1.29 is 26.2 Å². The fraction of sp³-hybridized carbons (Fsp3) is 0.125. The summed E-state index contributed by atoms with van der Waals surface area (Å²) < 4.78 is 2.24. The summed E-state index contributed by atoms with van der Waals surface area (Å²) in [4.78, 5) is 9.73. The van der Waals surface area contributed by atoms with Crippen LogP contribution in [0.15, 0.2) is 85.1 Å². The van der Waals surface area contributed by atoms with Gasteiger partial charge in [0.1, 0.15) is 11.4 Å². The second-order valence-corrected chi connectivity index (χ2v) is 9.91. The Kier molecular flexibility index (Phi) is 5.73. The van der Waals surface area contributed by atoms with Crippen LogP contribution in [0, 0.1) is 12.0 Å². The van der Waals surface area contributed by atoms with Crippen molar-refractivity contribution in [3.05, 3.63) is 96.7 Å². The van der Waals surface area contributed by atoms with Gasteiger partial charge in [0.05, 0.1) is 11.2 Å². The molecule has 184 valence electrons. The Morgan fingerprint density at radius 1 is 0.838 bits per heavy atom. The van der Waals surface area contributed by atoms with Gasteiger partial charge in [-0.25, -0.2) is 4.98 Å². The molecule has 1 N–H and O–H groups in total. The zero-order chi connectivity index (χ0) is 24.4. The van der Waals surface area contributed by atoms with Crippen molar-refractivity contribution in [2.24, 2.45) is 5.92 Å². The third-order valence-electron chi connectivity index (χ3n) is 6.97. The molecular weight excluding hydrogens is 637 g/mol. The van der Waals surface area contributed by atoms with Crippen LogP contribution < -0.4 is 0 Å². The molecule has 0 radical (unpaired) electrons. The minimum Gasteiger partial charge on any atom is -0.507 e. The quantitative estimate of drug-likeness (QED) is 0.197. The van der Waals surface area contributed by atoms with Crippen molar-refractivity contribution in [3.8, 4) is 28.3 Å². The van der Waals surface area contributed by atoms with Crippen LogP contribution >= 0.6 is 0 Å². The van der Waals surface area contributed by atoms with E-state index >= 15 is 0 Å². The third kappa shape index (κ3) is 3.70. The van der Waals surface area contributed by atoms with Crippen LogP contribution in [-0.2, 0) is 27.5 Å². The molecule has 0 aliphatic heterocycles. The number of para-hydroxylation sites is 2. The molecule has 7 rings (SSSR count). The van der Waals surface area contributed by atoms with Crippen molar-refractivity contribution >= 4 is 38.2 Å². The number of aromatic hydroxyl groups is 1. The van der Waals surface area contributed by atoms with E-state index in [-0.39, 0.29) is 26.8 Å². The Morgan fingerprint density at radius 3 is 2.41 bits per heavy atom. The van der Waals surface area contributed by atoms with E-state index in [9.17, 15) is 5.11 Å². The van der Waals surface area contributed by atoms with Gasteiger partial charge in [-0.15, -0.1) is 23.8 Å². The Morgan fingerprint density at radius 2 is 1.59 bits per heavy atom. The zero-order valence-electron chi connectivity index (χ0n) is 20.5. The molecule has 0 aliphatic rings. The SMILES string of the molecule is CC(C)Cc1cc(-c2[c-]c3c(cc2)c2cccc4c5cccnc5n3c24)nc(-c2ccccc2O)c1.[Pt]. The van der Waals surface area contributed by atoms with Crippen LogP contribution in [0.4, 0.5) is 0 Å². The summed E-state index contributed by atoms with van der Waals surface area (Å²) in [5, 5.41) is 15.3. The van der Waals surface area contributed by atoms with Crippen molar-refractivity contribution in [2.45, 2.75) is 20.3 Å². The molecule has 37 heavy (non-hydrogen) atoms. The first-order valence-electron chi connectivity index (χ1n) is 12.3. The minimum atomic E-state index is 0. The first kappa shape index (κ1) is 23.6. The van der Waals surface area contributed by atoms with Crippen LogP contribution in [0.5, 0.6) is 5.75 Å². The number of nitrogens with zero attached hydrogens (tertiary/aromatic N) is 3. The maximum absolute atomic E-state index is 10.5. The summed E-state index contributed by atoms with van der Waals surface area (Å²) in [7, 11) is 0. The maximum Gasteiger partial charge on any atom is 0.144 e. The van der Waals surface area contributed by atoms with Gasteiger partial charge in [-0.3, -0.25) is 4.98 Å². The van der Waals surface area contributed by atoms with Crippen molar-refractivity contribution in [1.82, 2.24) is 14.4 Å². The van der Waals surface area contributed by atoms with E-state index in [1.54, 1.807) is 6.07 Å². The molecule has 4 aromatic heterocycles. The van der Waals surface area contributed by atoms with E-state index < -0.39 is 0 Å². The predicted molar refractivity (Wildman–Crippen MR) is 147 cm³/mol. The maximum atomic E-state index is 10.5. The summed E-state index contributed by atoms with van der Waals surface area (Å²) in [6.45, 7) is 4.43. The summed E-state index contributed by atoms with van der Waals surface area (Å²) in [5.74, 6) is 0.736. The second-order valence-electron chi connectivity index (χ2n) is 9.91. The van der Waals surface area contributed by atoms with Gasteiger partial charge in [-0.1, -0.05) is 61.2 Å². The number of hydrogen-bond donors (Lipinski definition) is 1. The first-order chi connectivity index (χ1) is 17.6. The molecule has 0 saturated carbocycles. The largest absolute Gasteiger partial charge is 0.507 e. The monoisotopic (exact) mass is 661 g/mol. The Bertz CT molecular complexity index is 1920. The minimum absolute atomic E-state index is 0. The normalized spacial score (nSPS) is 11.8. The van der Waals surface area contributed by atoms with E-state index in [0.29, 0.717) is 5.92 Å². The van der Waals surface area contributed by atoms with Gasteiger partial charge in [0.15, 0.2) is 0 Å². The summed E-state index contributed by atoms with van der Waals surface area (Å²) in [6.07, 6.45) is 2.78. The molecule has 0 saturated heterocycles. The van der Waals surface area contributed by atoms with E-state index in [1.165, 1.54) is 21.9 Å². The van der Waals surface area contributed by atoms with Crippen LogP contribution in [0.25, 0.3) is 60.7 Å². The van der Waals surface area contributed by atoms with Gasteiger partial charge in [-0.05, 0) is 59.3 Å². The molecule has 0 bridgehead atoms. The van der Waals surface area contributed by atoms with E-state index in [2.05, 4.69) is 72.8 Å². The average Bonchev–Trinajstić information content (AvgIpc) is 3.40. The van der Waals surface area contributed by atoms with Crippen molar-refractivity contribution in [1.29, 1.82) is 0 Å². The molecule has 4 heterocycles. The number of aromatic nitrogens is 3. The molecule has 4 nitrogen and oxygen atoms in total. The number of fused-ring (bicyclic) bond motifs is 6. The molecule has 0 fully saturated rings. The summed E-state index contributed by atoms with van der Waals surface area (Å²) in [6, 6.07) is 30.2. The van der Waals surface area contributed by atoms with Crippen LogP contribution in [0.3, 0.4) is 0 Å². The van der Waals surface area contributed by atoms with E-state index in [0.717, 1.165) is 50.9 Å². The Hall–Kier alpha value is -3.75. The Labute approximate surface area is 229 Å². The van der Waals surface area contributed by atoms with Gasteiger partial charge < -0.3 is 9.51 Å². The molecule has 0 amide bonds. The van der Waals surface area contributed by atoms with Gasteiger partial charge in [-0.2, -0.15) is 0 Å². The molecule has 0 spiro atoms. The summed E-state index contributed by atoms with van der Waals surface area (Å²) in [5.41, 5.74) is 7.62. The van der Waals surface area contributed by atoms with Crippen LogP contribution in [0.2, 0.25) is 0 Å². The fourth-order valence-corrected chi connectivity index (χ4v) is 5.50. The molecule has 3 aromatic carbocycles. The molecule has 7 aromatic rings. The number of hydrogen-bond acceptors (Lipinski definition) is 3. The first-order valence-corrected chi connectivity index (χ1v) is 12.3. The molecule has 0 unspecified atom stereocenters. The smallest absolute Gasteiger partial charge is 0.144 e. The topological polar surface area (TPSA) is 50.4 Å². The number of benzene rings is 3. The number of phenolic OH excluding ortho intramolecular Hbond substituents is 1. The van der Waals surface area contributed by atoms with Gasteiger partial charge in [0.2, 0.25) is 0 Å². The third-order valence-corrected chi connectivity index (χ3v) is 6.97. The zero-order valence-corrected chi connectivity index (χ0v) is 22.7. The predicted octanol–water partition coefficient (Wildman–Crippen LogP) is 7.66. The average molecular weight is 662 g/mol. The molecular formula is C32H24N3OPt-. The number of pyridine rings is 2. The number of rotatable bonds is 4. The van der Waals surface area contributed by atoms with Gasteiger partial charge in [0, 0.05) is 43.6 Å². The van der Waals surface area contributed by atoms with Crippen LogP contribution in [-0.4, -0.2) is 19.5 Å². The Balaban J connectivity index is 0.00000252. The second kappa shape index (κ2) is 8.97. The van der Waals surface area contributed by atoms with Crippen molar-refractivity contribution in [2.75, 3.05) is 0 Å². The molecule has 0 atom stereocenters. The van der Waals surface area contributed by atoms with E-state index in [4.69, 9.17) is 9.97 Å². The standard InChI is InChI=1S/C32H24N3O.Pt/c1-19(2)15-20-16-27(34-28(17-20)26-7-3-4-11-30(26)36)21-12-13-22-23-8-5-9-24-25-10-6-14-33-32(25)35(31(23)24)29(22)18-21;/h3-14,16-17,19,36H,15H2,1-2H3;/q-1;. The molecule has 5 heteroatoms. The number of phenols is 1. The van der Waals surface area contributed by atoms with Gasteiger partial charge >= 0.3 is 0 Å². The van der Waals surface area contributed by atoms with Crippen molar-refractivity contribution in [3.63, 3.8) is 0 Å². The molecule has 0 aliphatic carbocycles. The summed E-state index contributed by atoms with van der Waals surface area (Å²) >= 11 is 0. The van der Waals surface area contributed by atoms with Crippen LogP contribution in [0.1, 0.15) is 19.4 Å². The van der Waals surface area contributed by atoms with Gasteiger partial charge in [0.25, 0.3) is 0 Å². The van der Waals surface area contributed by atoms with E-state index in [1.807, 2.05) is 30.5 Å². The fourth-order valence-electron chi connectivity index (χ4n) is 5.50.